The van der Waals surface area contributed by atoms with Crippen molar-refractivity contribution in [1.29, 1.82) is 0 Å². The number of rotatable bonds is 8. The fraction of sp³-hybridized carbons (Fsp3) is 0.344. The van der Waals surface area contributed by atoms with Crippen molar-refractivity contribution in [1.82, 2.24) is 14.9 Å². The van der Waals surface area contributed by atoms with Crippen LogP contribution in [-0.4, -0.2) is 59.9 Å². The number of hydrogen-bond donors (Lipinski definition) is 4. The number of anilines is 2. The Morgan fingerprint density at radius 3 is 2.31 bits per heavy atom. The molecule has 1 aliphatic carbocycles. The van der Waals surface area contributed by atoms with E-state index in [2.05, 4.69) is 15.6 Å². The number of carboxylic acids is 1. The zero-order chi connectivity index (χ0) is 35.3. The molecule has 4 N–H and O–H groups in total. The predicted octanol–water partition coefficient (Wildman–Crippen LogP) is 4.61. The van der Waals surface area contributed by atoms with Crippen LogP contribution in [0.15, 0.2) is 65.6 Å². The number of imidazole rings is 1. The molecule has 0 aliphatic heterocycles. The molecule has 1 aromatic heterocycles. The molecule has 256 valence electrons. The Morgan fingerprint density at radius 1 is 1.06 bits per heavy atom. The second-order valence-corrected chi connectivity index (χ2v) is 13.9. The van der Waals surface area contributed by atoms with Gasteiger partial charge < -0.3 is 20.1 Å². The number of aliphatic hydroxyl groups is 1. The highest BCUT2D eigenvalue weighted by Gasteiger charge is 2.51. The number of sulfonamides is 1. The Labute approximate surface area is 273 Å². The molecule has 1 unspecified atom stereocenters. The quantitative estimate of drug-likeness (QED) is 0.155. The molecule has 1 amide bonds. The van der Waals surface area contributed by atoms with Gasteiger partial charge in [-0.3, -0.25) is 19.2 Å². The third-order valence-corrected chi connectivity index (χ3v) is 10.8. The van der Waals surface area contributed by atoms with E-state index in [9.17, 15) is 45.8 Å². The number of amides is 1. The van der Waals surface area contributed by atoms with E-state index in [-0.39, 0.29) is 23.1 Å². The van der Waals surface area contributed by atoms with Crippen LogP contribution < -0.4 is 14.9 Å². The van der Waals surface area contributed by atoms with E-state index >= 15 is 0 Å². The highest BCUT2D eigenvalue weighted by atomic mass is 32.2. The molecule has 1 fully saturated rings. The molecule has 4 aromatic rings. The normalized spacial score (nSPS) is 21.6. The molecule has 48 heavy (non-hydrogen) atoms. The minimum absolute atomic E-state index is 0.00956. The van der Waals surface area contributed by atoms with Crippen LogP contribution in [0.4, 0.5) is 28.9 Å². The fourth-order valence-corrected chi connectivity index (χ4v) is 7.40. The molecule has 5 rings (SSSR count). The summed E-state index contributed by atoms with van der Waals surface area (Å²) in [5.41, 5.74) is -1.72. The minimum atomic E-state index is -4.82. The molecule has 3 aromatic carbocycles. The predicted molar refractivity (Wildman–Crippen MR) is 168 cm³/mol. The van der Waals surface area contributed by atoms with Gasteiger partial charge in [-0.2, -0.15) is 13.2 Å². The molecule has 11 nitrogen and oxygen atoms in total. The number of hydrogen-bond acceptors (Lipinski definition) is 7. The smallest absolute Gasteiger partial charge is 0.416 e. The molecule has 0 spiro atoms. The lowest BCUT2D eigenvalue weighted by Crippen LogP contribution is -2.55. The molecule has 4 atom stereocenters. The summed E-state index contributed by atoms with van der Waals surface area (Å²) in [5.74, 6) is -6.96. The molecular weight excluding hydrogens is 658 g/mol. The largest absolute Gasteiger partial charge is 0.481 e. The van der Waals surface area contributed by atoms with Crippen LogP contribution in [0, 0.1) is 24.6 Å². The van der Waals surface area contributed by atoms with Crippen molar-refractivity contribution >= 4 is 44.3 Å². The van der Waals surface area contributed by atoms with Crippen molar-refractivity contribution in [3.63, 3.8) is 0 Å². The second kappa shape index (κ2) is 12.5. The number of aryl methyl sites for hydroxylation is 2. The topological polar surface area (TPSA) is 154 Å². The Bertz CT molecular complexity index is 2000. The Hall–Kier alpha value is -4.54. The maximum atomic E-state index is 14.6. The second-order valence-electron chi connectivity index (χ2n) is 11.9. The number of fused-ring (bicyclic) bond motifs is 1. The number of carbonyl (C=O) groups excluding carboxylic acids is 1. The molecular formula is C32H33F4N5O6S. The number of aliphatic carboxylic acids is 1. The summed E-state index contributed by atoms with van der Waals surface area (Å²) >= 11 is 0. The van der Waals surface area contributed by atoms with E-state index in [0.29, 0.717) is 23.0 Å². The molecule has 0 radical (unpaired) electrons. The monoisotopic (exact) mass is 691 g/mol. The highest BCUT2D eigenvalue weighted by molar-refractivity contribution is 7.92. The average Bonchev–Trinajstić information content (AvgIpc) is 3.32. The summed E-state index contributed by atoms with van der Waals surface area (Å²) < 4.78 is 83.5. The Kier molecular flexibility index (Phi) is 9.05. The van der Waals surface area contributed by atoms with Crippen molar-refractivity contribution in [3.8, 4) is 0 Å². The summed E-state index contributed by atoms with van der Waals surface area (Å²) in [6.45, 7) is 1.80. The standard InChI is InChI=1S/C32H33F4N5O6S/c1-17-38-26-14-21(10-12-27(26)40(17)3)48(46,47)41(4)20-8-5-18(6-9-20)22-15-31(45,37-2)16-23(28(22)30(43)44)29(42)39-25-11-7-19(13-24(25)33)32(34,35)36/h5-14,22-23,28,37,45H,15-16H2,1-4H3,(H,39,42)(H,43,44)/t22?,23-,28-,31-/m0/s1. The number of benzene rings is 3. The first-order valence-electron chi connectivity index (χ1n) is 14.7. The number of nitrogens with zero attached hydrogens (tertiary/aromatic N) is 3. The number of halogens is 4. The zero-order valence-corrected chi connectivity index (χ0v) is 27.0. The van der Waals surface area contributed by atoms with Crippen LogP contribution in [0.1, 0.15) is 35.7 Å². The molecule has 16 heteroatoms. The third-order valence-electron chi connectivity index (χ3n) is 9.04. The molecule has 0 bridgehead atoms. The van der Waals surface area contributed by atoms with Crippen LogP contribution >= 0.6 is 0 Å². The summed E-state index contributed by atoms with van der Waals surface area (Å²) in [4.78, 5) is 30.4. The van der Waals surface area contributed by atoms with Gasteiger partial charge in [-0.05, 0) is 74.5 Å². The van der Waals surface area contributed by atoms with Gasteiger partial charge in [-0.25, -0.2) is 17.8 Å². The van der Waals surface area contributed by atoms with Crippen LogP contribution in [0.3, 0.4) is 0 Å². The van der Waals surface area contributed by atoms with Crippen molar-refractivity contribution in [2.24, 2.45) is 18.9 Å². The van der Waals surface area contributed by atoms with Crippen molar-refractivity contribution in [2.75, 3.05) is 23.7 Å². The van der Waals surface area contributed by atoms with E-state index < -0.39 is 75.0 Å². The van der Waals surface area contributed by atoms with Crippen LogP contribution in [0.2, 0.25) is 0 Å². The van der Waals surface area contributed by atoms with Gasteiger partial charge in [0, 0.05) is 26.4 Å². The Balaban J connectivity index is 1.43. The number of carbonyl (C=O) groups is 2. The number of nitrogens with one attached hydrogen (secondary N) is 2. The van der Waals surface area contributed by atoms with Gasteiger partial charge in [0.15, 0.2) is 0 Å². The van der Waals surface area contributed by atoms with E-state index in [1.807, 2.05) is 11.6 Å². The van der Waals surface area contributed by atoms with Gasteiger partial charge in [0.2, 0.25) is 5.91 Å². The first kappa shape index (κ1) is 34.8. The van der Waals surface area contributed by atoms with E-state index in [1.54, 1.807) is 13.0 Å². The van der Waals surface area contributed by atoms with E-state index in [1.165, 1.54) is 50.5 Å². The van der Waals surface area contributed by atoms with Crippen molar-refractivity contribution < 1.29 is 45.8 Å². The van der Waals surface area contributed by atoms with E-state index in [0.717, 1.165) is 15.9 Å². The van der Waals surface area contributed by atoms with Gasteiger partial charge in [-0.1, -0.05) is 12.1 Å². The number of alkyl halides is 3. The van der Waals surface area contributed by atoms with Crippen LogP contribution in [-0.2, 0) is 32.8 Å². The van der Waals surface area contributed by atoms with Crippen LogP contribution in [0.5, 0.6) is 0 Å². The lowest BCUT2D eigenvalue weighted by atomic mass is 9.65. The SMILES string of the molecule is CN[C@]1(O)CC(c2ccc(N(C)S(=O)(=O)c3ccc4c(c3)nc(C)n4C)cc2)[C@H](C(=O)O)[C@@H](C(=O)Nc2ccc(C(F)(F)F)cc2F)C1. The van der Waals surface area contributed by atoms with Crippen molar-refractivity contribution in [3.05, 3.63) is 83.4 Å². The highest BCUT2D eigenvalue weighted by Crippen LogP contribution is 2.46. The summed E-state index contributed by atoms with van der Waals surface area (Å²) in [6.07, 6.45) is -5.38. The molecule has 1 saturated carbocycles. The summed E-state index contributed by atoms with van der Waals surface area (Å²) in [6, 6.07) is 12.1. The first-order chi connectivity index (χ1) is 22.4. The fourth-order valence-electron chi connectivity index (χ4n) is 6.18. The number of aromatic nitrogens is 2. The van der Waals surface area contributed by atoms with Gasteiger partial charge in [-0.15, -0.1) is 0 Å². The maximum absolute atomic E-state index is 14.6. The van der Waals surface area contributed by atoms with E-state index in [4.69, 9.17) is 0 Å². The molecule has 1 aliphatic rings. The summed E-state index contributed by atoms with van der Waals surface area (Å²) in [7, 11) is 0.549. The first-order valence-corrected chi connectivity index (χ1v) is 16.1. The van der Waals surface area contributed by atoms with Gasteiger partial charge in [0.05, 0.1) is 44.7 Å². The average molecular weight is 692 g/mol. The Morgan fingerprint density at radius 2 is 1.73 bits per heavy atom. The van der Waals surface area contributed by atoms with Gasteiger partial charge in [0.1, 0.15) is 17.4 Å². The summed E-state index contributed by atoms with van der Waals surface area (Å²) in [5, 5.41) is 26.4. The lowest BCUT2D eigenvalue weighted by Gasteiger charge is -2.44. The van der Waals surface area contributed by atoms with Gasteiger partial charge in [0.25, 0.3) is 10.0 Å². The number of carboxylic acid groups (broad SMARTS) is 1. The lowest BCUT2D eigenvalue weighted by molar-refractivity contribution is -0.155. The zero-order valence-electron chi connectivity index (χ0n) is 26.2. The van der Waals surface area contributed by atoms with Gasteiger partial charge >= 0.3 is 12.1 Å². The minimum Gasteiger partial charge on any atom is -0.481 e. The molecule has 1 heterocycles. The third kappa shape index (κ3) is 6.47. The van der Waals surface area contributed by atoms with Crippen LogP contribution in [0.25, 0.3) is 11.0 Å². The molecule has 0 saturated heterocycles. The van der Waals surface area contributed by atoms with Crippen molar-refractivity contribution in [2.45, 2.75) is 42.5 Å². The maximum Gasteiger partial charge on any atom is 0.416 e.